The van der Waals surface area contributed by atoms with Crippen LogP contribution in [-0.4, -0.2) is 9.97 Å². The number of ether oxygens (including phenoxy) is 1. The fourth-order valence-electron chi connectivity index (χ4n) is 2.20. The van der Waals surface area contributed by atoms with E-state index in [2.05, 4.69) is 21.9 Å². The van der Waals surface area contributed by atoms with Gasteiger partial charge in [-0.15, -0.1) is 0 Å². The number of rotatable bonds is 6. The monoisotopic (exact) mass is 317 g/mol. The van der Waals surface area contributed by atoms with Gasteiger partial charge in [0, 0.05) is 18.3 Å². The average Bonchev–Trinajstić information content (AvgIpc) is 2.57. The van der Waals surface area contributed by atoms with Crippen molar-refractivity contribution in [3.05, 3.63) is 84.8 Å². The van der Waals surface area contributed by atoms with Gasteiger partial charge in [-0.05, 0) is 49.4 Å². The average molecular weight is 317 g/mol. The molecule has 24 heavy (non-hydrogen) atoms. The standard InChI is InChI=1S/C20H19N3O/c1-15(2)14-20-21-13-12-19(23-20)22-16-8-10-18(11-9-16)24-17-6-4-3-5-7-17/h3-13H,1,14H2,2H3,(H,21,22,23). The fourth-order valence-corrected chi connectivity index (χ4v) is 2.20. The minimum absolute atomic E-state index is 0.680. The molecule has 0 spiro atoms. The third-order valence-electron chi connectivity index (χ3n) is 3.27. The Balaban J connectivity index is 1.67. The molecule has 1 aromatic heterocycles. The Labute approximate surface area is 141 Å². The van der Waals surface area contributed by atoms with Gasteiger partial charge in [-0.25, -0.2) is 9.97 Å². The quantitative estimate of drug-likeness (QED) is 0.640. The van der Waals surface area contributed by atoms with Gasteiger partial charge in [0.15, 0.2) is 0 Å². The molecule has 0 amide bonds. The van der Waals surface area contributed by atoms with Crippen molar-refractivity contribution >= 4 is 11.5 Å². The summed E-state index contributed by atoms with van der Waals surface area (Å²) < 4.78 is 5.78. The van der Waals surface area contributed by atoms with Gasteiger partial charge in [0.05, 0.1) is 0 Å². The maximum atomic E-state index is 5.78. The van der Waals surface area contributed by atoms with Crippen LogP contribution in [0, 0.1) is 0 Å². The molecule has 0 fully saturated rings. The van der Waals surface area contributed by atoms with E-state index in [0.717, 1.165) is 34.4 Å². The largest absolute Gasteiger partial charge is 0.457 e. The van der Waals surface area contributed by atoms with E-state index in [1.165, 1.54) is 0 Å². The van der Waals surface area contributed by atoms with Crippen molar-refractivity contribution in [1.82, 2.24) is 9.97 Å². The first-order valence-electron chi connectivity index (χ1n) is 7.75. The molecule has 0 unspecified atom stereocenters. The van der Waals surface area contributed by atoms with Crippen molar-refractivity contribution in [3.8, 4) is 11.5 Å². The molecule has 1 heterocycles. The van der Waals surface area contributed by atoms with E-state index in [0.29, 0.717) is 6.42 Å². The van der Waals surface area contributed by atoms with E-state index >= 15 is 0 Å². The smallest absolute Gasteiger partial charge is 0.134 e. The van der Waals surface area contributed by atoms with Crippen LogP contribution in [0.25, 0.3) is 0 Å². The Bertz CT molecular complexity index is 814. The lowest BCUT2D eigenvalue weighted by Gasteiger charge is -2.09. The Morgan fingerprint density at radius 1 is 1.00 bits per heavy atom. The highest BCUT2D eigenvalue weighted by atomic mass is 16.5. The first-order chi connectivity index (χ1) is 11.7. The van der Waals surface area contributed by atoms with E-state index in [4.69, 9.17) is 4.74 Å². The summed E-state index contributed by atoms with van der Waals surface area (Å²) in [5.74, 6) is 3.13. The molecule has 0 atom stereocenters. The van der Waals surface area contributed by atoms with Crippen LogP contribution in [0.5, 0.6) is 11.5 Å². The predicted molar refractivity (Wildman–Crippen MR) is 96.8 cm³/mol. The molecule has 120 valence electrons. The highest BCUT2D eigenvalue weighted by Crippen LogP contribution is 2.23. The van der Waals surface area contributed by atoms with E-state index in [1.54, 1.807) is 6.20 Å². The first kappa shape index (κ1) is 15.7. The van der Waals surface area contributed by atoms with Crippen LogP contribution >= 0.6 is 0 Å². The van der Waals surface area contributed by atoms with Gasteiger partial charge in [0.1, 0.15) is 23.1 Å². The van der Waals surface area contributed by atoms with Crippen molar-refractivity contribution in [2.75, 3.05) is 5.32 Å². The predicted octanol–water partition coefficient (Wildman–Crippen LogP) is 5.13. The van der Waals surface area contributed by atoms with E-state index < -0.39 is 0 Å². The molecule has 0 radical (unpaired) electrons. The second-order valence-corrected chi connectivity index (χ2v) is 5.56. The van der Waals surface area contributed by atoms with Crippen LogP contribution in [-0.2, 0) is 6.42 Å². The Morgan fingerprint density at radius 3 is 2.42 bits per heavy atom. The number of allylic oxidation sites excluding steroid dienone is 1. The molecule has 0 saturated heterocycles. The highest BCUT2D eigenvalue weighted by Gasteiger charge is 2.02. The zero-order valence-corrected chi connectivity index (χ0v) is 13.6. The van der Waals surface area contributed by atoms with Crippen LogP contribution in [0.15, 0.2) is 79.0 Å². The zero-order valence-electron chi connectivity index (χ0n) is 13.6. The summed E-state index contributed by atoms with van der Waals surface area (Å²) in [5, 5.41) is 3.27. The van der Waals surface area contributed by atoms with Gasteiger partial charge >= 0.3 is 0 Å². The second-order valence-electron chi connectivity index (χ2n) is 5.56. The van der Waals surface area contributed by atoms with Crippen molar-refractivity contribution < 1.29 is 4.74 Å². The molecule has 0 saturated carbocycles. The highest BCUT2D eigenvalue weighted by molar-refractivity contribution is 5.57. The molecule has 4 nitrogen and oxygen atoms in total. The van der Waals surface area contributed by atoms with E-state index in [-0.39, 0.29) is 0 Å². The second kappa shape index (κ2) is 7.42. The lowest BCUT2D eigenvalue weighted by atomic mass is 10.2. The van der Waals surface area contributed by atoms with Gasteiger partial charge < -0.3 is 10.1 Å². The van der Waals surface area contributed by atoms with E-state index in [1.807, 2.05) is 67.6 Å². The number of nitrogens with one attached hydrogen (secondary N) is 1. The number of hydrogen-bond donors (Lipinski definition) is 1. The van der Waals surface area contributed by atoms with Crippen molar-refractivity contribution in [3.63, 3.8) is 0 Å². The van der Waals surface area contributed by atoms with Crippen LogP contribution in [0.2, 0.25) is 0 Å². The maximum Gasteiger partial charge on any atom is 0.134 e. The van der Waals surface area contributed by atoms with Crippen molar-refractivity contribution in [2.24, 2.45) is 0 Å². The molecule has 0 aliphatic rings. The van der Waals surface area contributed by atoms with Crippen LogP contribution in [0.3, 0.4) is 0 Å². The Kier molecular flexibility index (Phi) is 4.87. The van der Waals surface area contributed by atoms with E-state index in [9.17, 15) is 0 Å². The maximum absolute atomic E-state index is 5.78. The Morgan fingerprint density at radius 2 is 1.71 bits per heavy atom. The lowest BCUT2D eigenvalue weighted by molar-refractivity contribution is 0.483. The molecular weight excluding hydrogens is 298 g/mol. The third-order valence-corrected chi connectivity index (χ3v) is 3.27. The molecule has 0 bridgehead atoms. The summed E-state index contributed by atoms with van der Waals surface area (Å²) in [4.78, 5) is 8.73. The summed E-state index contributed by atoms with van der Waals surface area (Å²) in [6.45, 7) is 5.86. The van der Waals surface area contributed by atoms with Gasteiger partial charge in [0.2, 0.25) is 0 Å². The molecule has 1 N–H and O–H groups in total. The molecule has 0 aliphatic heterocycles. The van der Waals surface area contributed by atoms with Gasteiger partial charge in [-0.1, -0.05) is 30.4 Å². The van der Waals surface area contributed by atoms with Crippen LogP contribution < -0.4 is 10.1 Å². The van der Waals surface area contributed by atoms with Gasteiger partial charge in [-0.2, -0.15) is 0 Å². The molecule has 2 aromatic carbocycles. The summed E-state index contributed by atoms with van der Waals surface area (Å²) in [6, 6.07) is 19.3. The number of anilines is 2. The molecule has 4 heteroatoms. The Hall–Kier alpha value is -3.14. The van der Waals surface area contributed by atoms with Gasteiger partial charge in [0.25, 0.3) is 0 Å². The lowest BCUT2D eigenvalue weighted by Crippen LogP contribution is -2.00. The van der Waals surface area contributed by atoms with Crippen LogP contribution in [0.4, 0.5) is 11.5 Å². The molecular formula is C20H19N3O. The minimum Gasteiger partial charge on any atom is -0.457 e. The molecule has 0 aliphatic carbocycles. The topological polar surface area (TPSA) is 47.0 Å². The normalized spacial score (nSPS) is 10.2. The third kappa shape index (κ3) is 4.43. The summed E-state index contributed by atoms with van der Waals surface area (Å²) in [7, 11) is 0. The fraction of sp³-hybridized carbons (Fsp3) is 0.100. The van der Waals surface area contributed by atoms with Crippen molar-refractivity contribution in [1.29, 1.82) is 0 Å². The number of para-hydroxylation sites is 1. The number of aromatic nitrogens is 2. The summed E-state index contributed by atoms with van der Waals surface area (Å²) >= 11 is 0. The summed E-state index contributed by atoms with van der Waals surface area (Å²) in [6.07, 6.45) is 2.43. The van der Waals surface area contributed by atoms with Crippen molar-refractivity contribution in [2.45, 2.75) is 13.3 Å². The number of nitrogens with zero attached hydrogens (tertiary/aromatic N) is 2. The van der Waals surface area contributed by atoms with Gasteiger partial charge in [-0.3, -0.25) is 0 Å². The molecule has 3 aromatic rings. The summed E-state index contributed by atoms with van der Waals surface area (Å²) in [5.41, 5.74) is 1.98. The molecule has 3 rings (SSSR count). The number of hydrogen-bond acceptors (Lipinski definition) is 4. The zero-order chi connectivity index (χ0) is 16.8. The first-order valence-corrected chi connectivity index (χ1v) is 7.75. The SMILES string of the molecule is C=C(C)Cc1nccc(Nc2ccc(Oc3ccccc3)cc2)n1. The minimum atomic E-state index is 0.680. The number of benzene rings is 2. The van der Waals surface area contributed by atoms with Crippen LogP contribution in [0.1, 0.15) is 12.7 Å².